The minimum Gasteiger partial charge on any atom is -0.507 e. The van der Waals surface area contributed by atoms with E-state index in [1.807, 2.05) is 24.8 Å². The average molecular weight is 443 g/mol. The number of aromatic hydroxyl groups is 1. The fourth-order valence-electron chi connectivity index (χ4n) is 4.45. The summed E-state index contributed by atoms with van der Waals surface area (Å²) in [4.78, 5) is 25.0. The highest BCUT2D eigenvalue weighted by molar-refractivity contribution is 5.95. The van der Waals surface area contributed by atoms with Crippen LogP contribution in [0.4, 0.5) is 5.69 Å². The van der Waals surface area contributed by atoms with Gasteiger partial charge in [0.05, 0.1) is 5.56 Å². The second-order valence-electron chi connectivity index (χ2n) is 8.35. The number of carbonyl (C=O) groups is 1. The molecular weight excluding hydrogens is 416 g/mol. The number of rotatable bonds is 6. The molecule has 0 spiro atoms. The first-order chi connectivity index (χ1) is 16.1. The molecule has 1 aliphatic heterocycles. The second kappa shape index (κ2) is 8.91. The number of carbonyl (C=O) groups excluding carboxylic acids is 1. The van der Waals surface area contributed by atoms with Crippen LogP contribution in [0.5, 0.6) is 5.75 Å². The Bertz CT molecular complexity index is 1280. The summed E-state index contributed by atoms with van der Waals surface area (Å²) in [7, 11) is 0. The molecule has 0 atom stereocenters. The number of benzene rings is 1. The van der Waals surface area contributed by atoms with Gasteiger partial charge in [-0.3, -0.25) is 14.7 Å². The standard InChI is InChI=1S/C25H26N6O2/c26-24(33)21-2-1-19(15-23(21)32)17-31-10-6-20-22(5-9-28-25(20)31)30-13-11-29(12-14-30)16-18-3-7-27-8-4-18/h1-10,15,32H,11-14,16-17H2,(H2,26,33). The summed E-state index contributed by atoms with van der Waals surface area (Å²) in [5, 5.41) is 11.2. The molecular formula is C25H26N6O2. The Labute approximate surface area is 191 Å². The van der Waals surface area contributed by atoms with Crippen LogP contribution in [-0.4, -0.2) is 56.6 Å². The van der Waals surface area contributed by atoms with Crippen molar-refractivity contribution < 1.29 is 9.90 Å². The minimum absolute atomic E-state index is 0.102. The van der Waals surface area contributed by atoms with Crippen LogP contribution in [0.3, 0.4) is 0 Å². The number of phenols is 1. The number of nitrogens with zero attached hydrogens (tertiary/aromatic N) is 5. The molecule has 1 amide bonds. The number of hydrogen-bond donors (Lipinski definition) is 2. The van der Waals surface area contributed by atoms with Gasteiger partial charge in [-0.05, 0) is 47.5 Å². The van der Waals surface area contributed by atoms with Gasteiger partial charge in [0, 0.05) is 75.1 Å². The highest BCUT2D eigenvalue weighted by Crippen LogP contribution is 2.28. The molecule has 1 aliphatic rings. The molecule has 5 rings (SSSR count). The number of aromatic nitrogens is 3. The van der Waals surface area contributed by atoms with Gasteiger partial charge in [-0.1, -0.05) is 6.07 Å². The average Bonchev–Trinajstić information content (AvgIpc) is 3.23. The maximum atomic E-state index is 11.4. The second-order valence-corrected chi connectivity index (χ2v) is 8.35. The molecule has 1 fully saturated rings. The van der Waals surface area contributed by atoms with Gasteiger partial charge in [-0.15, -0.1) is 0 Å². The molecule has 0 saturated carbocycles. The van der Waals surface area contributed by atoms with Crippen molar-refractivity contribution in [3.8, 4) is 5.75 Å². The zero-order valence-corrected chi connectivity index (χ0v) is 18.3. The summed E-state index contributed by atoms with van der Waals surface area (Å²) in [6.07, 6.45) is 7.56. The van der Waals surface area contributed by atoms with Gasteiger partial charge >= 0.3 is 0 Å². The van der Waals surface area contributed by atoms with E-state index in [4.69, 9.17) is 5.73 Å². The van der Waals surface area contributed by atoms with E-state index in [1.54, 1.807) is 18.2 Å². The largest absolute Gasteiger partial charge is 0.507 e. The topological polar surface area (TPSA) is 101 Å². The Morgan fingerprint density at radius 3 is 2.45 bits per heavy atom. The van der Waals surface area contributed by atoms with Gasteiger partial charge in [0.25, 0.3) is 5.91 Å². The Balaban J connectivity index is 1.31. The molecule has 1 aromatic carbocycles. The van der Waals surface area contributed by atoms with Crippen molar-refractivity contribution in [3.63, 3.8) is 0 Å². The summed E-state index contributed by atoms with van der Waals surface area (Å²) in [6.45, 7) is 5.39. The monoisotopic (exact) mass is 442 g/mol. The van der Waals surface area contributed by atoms with E-state index in [9.17, 15) is 9.90 Å². The number of pyridine rings is 2. The zero-order chi connectivity index (χ0) is 22.8. The van der Waals surface area contributed by atoms with E-state index in [0.717, 1.165) is 49.3 Å². The van der Waals surface area contributed by atoms with Crippen LogP contribution >= 0.6 is 0 Å². The first kappa shape index (κ1) is 21.0. The molecule has 0 aliphatic carbocycles. The summed E-state index contributed by atoms with van der Waals surface area (Å²) in [6, 6.07) is 13.3. The van der Waals surface area contributed by atoms with Gasteiger partial charge in [-0.25, -0.2) is 4.98 Å². The molecule has 8 nitrogen and oxygen atoms in total. The molecule has 3 N–H and O–H groups in total. The highest BCUT2D eigenvalue weighted by atomic mass is 16.3. The molecule has 0 bridgehead atoms. The lowest BCUT2D eigenvalue weighted by atomic mass is 10.1. The minimum atomic E-state index is -0.641. The molecule has 0 radical (unpaired) electrons. The van der Waals surface area contributed by atoms with Crippen LogP contribution in [0.15, 0.2) is 67.3 Å². The third kappa shape index (κ3) is 4.38. The van der Waals surface area contributed by atoms with E-state index in [-0.39, 0.29) is 11.3 Å². The first-order valence-electron chi connectivity index (χ1n) is 11.0. The lowest BCUT2D eigenvalue weighted by Gasteiger charge is -2.36. The fraction of sp³-hybridized carbons (Fsp3) is 0.240. The Hall–Kier alpha value is -3.91. The number of piperazine rings is 1. The van der Waals surface area contributed by atoms with E-state index in [2.05, 4.69) is 48.6 Å². The normalized spacial score (nSPS) is 14.6. The van der Waals surface area contributed by atoms with Gasteiger partial charge < -0.3 is 20.3 Å². The van der Waals surface area contributed by atoms with E-state index in [0.29, 0.717) is 6.54 Å². The van der Waals surface area contributed by atoms with Crippen molar-refractivity contribution in [2.75, 3.05) is 31.1 Å². The molecule has 1 saturated heterocycles. The third-order valence-corrected chi connectivity index (χ3v) is 6.19. The lowest BCUT2D eigenvalue weighted by molar-refractivity contribution is 0.0997. The molecule has 8 heteroatoms. The number of amides is 1. The van der Waals surface area contributed by atoms with Crippen LogP contribution in [0.25, 0.3) is 11.0 Å². The van der Waals surface area contributed by atoms with Crippen LogP contribution in [-0.2, 0) is 13.1 Å². The van der Waals surface area contributed by atoms with Crippen molar-refractivity contribution in [3.05, 3.63) is 83.9 Å². The number of anilines is 1. The molecule has 3 aromatic heterocycles. The van der Waals surface area contributed by atoms with E-state index < -0.39 is 5.91 Å². The lowest BCUT2D eigenvalue weighted by Crippen LogP contribution is -2.46. The van der Waals surface area contributed by atoms with Gasteiger partial charge in [0.2, 0.25) is 0 Å². The zero-order valence-electron chi connectivity index (χ0n) is 18.3. The number of nitrogens with two attached hydrogens (primary N) is 1. The Kier molecular flexibility index (Phi) is 5.66. The van der Waals surface area contributed by atoms with Crippen molar-refractivity contribution in [2.24, 2.45) is 5.73 Å². The van der Waals surface area contributed by atoms with Crippen LogP contribution in [0.2, 0.25) is 0 Å². The van der Waals surface area contributed by atoms with Crippen molar-refractivity contribution in [1.82, 2.24) is 19.4 Å². The SMILES string of the molecule is NC(=O)c1ccc(Cn2ccc3c(N4CCN(Cc5ccncc5)CC4)ccnc32)cc1O. The van der Waals surface area contributed by atoms with Crippen molar-refractivity contribution >= 4 is 22.6 Å². The van der Waals surface area contributed by atoms with Crippen LogP contribution in [0.1, 0.15) is 21.5 Å². The Morgan fingerprint density at radius 2 is 1.73 bits per heavy atom. The smallest absolute Gasteiger partial charge is 0.252 e. The predicted octanol–water partition coefficient (Wildman–Crippen LogP) is 2.61. The molecule has 4 heterocycles. The third-order valence-electron chi connectivity index (χ3n) is 6.19. The summed E-state index contributed by atoms with van der Waals surface area (Å²) < 4.78 is 2.05. The summed E-state index contributed by atoms with van der Waals surface area (Å²) in [5.74, 6) is -0.743. The number of hydrogen-bond acceptors (Lipinski definition) is 6. The van der Waals surface area contributed by atoms with Crippen molar-refractivity contribution in [1.29, 1.82) is 0 Å². The first-order valence-corrected chi connectivity index (χ1v) is 11.0. The van der Waals surface area contributed by atoms with Gasteiger partial charge in [0.15, 0.2) is 0 Å². The van der Waals surface area contributed by atoms with Crippen LogP contribution in [0, 0.1) is 0 Å². The molecule has 168 valence electrons. The highest BCUT2D eigenvalue weighted by Gasteiger charge is 2.20. The van der Waals surface area contributed by atoms with E-state index in [1.165, 1.54) is 11.3 Å². The summed E-state index contributed by atoms with van der Waals surface area (Å²) in [5.41, 5.74) is 9.65. The Morgan fingerprint density at radius 1 is 0.939 bits per heavy atom. The summed E-state index contributed by atoms with van der Waals surface area (Å²) >= 11 is 0. The molecule has 4 aromatic rings. The predicted molar refractivity (Wildman–Crippen MR) is 127 cm³/mol. The molecule has 0 unspecified atom stereocenters. The maximum absolute atomic E-state index is 11.4. The fourth-order valence-corrected chi connectivity index (χ4v) is 4.45. The quantitative estimate of drug-likeness (QED) is 0.476. The number of fused-ring (bicyclic) bond motifs is 1. The van der Waals surface area contributed by atoms with Crippen LogP contribution < -0.4 is 10.6 Å². The van der Waals surface area contributed by atoms with Gasteiger partial charge in [-0.2, -0.15) is 0 Å². The number of primary amides is 1. The van der Waals surface area contributed by atoms with E-state index >= 15 is 0 Å². The maximum Gasteiger partial charge on any atom is 0.252 e. The van der Waals surface area contributed by atoms with Crippen molar-refractivity contribution in [2.45, 2.75) is 13.1 Å². The molecule has 33 heavy (non-hydrogen) atoms. The van der Waals surface area contributed by atoms with Gasteiger partial charge in [0.1, 0.15) is 11.4 Å².